The van der Waals surface area contributed by atoms with Gasteiger partial charge in [0.25, 0.3) is 11.8 Å². The Labute approximate surface area is 235 Å². The number of aryl methyl sites for hydroxylation is 1. The quantitative estimate of drug-likeness (QED) is 0.401. The number of amides is 3. The monoisotopic (exact) mass is 555 g/mol. The van der Waals surface area contributed by atoms with Gasteiger partial charge in [0.05, 0.1) is 18.5 Å². The number of carbonyl (C=O) groups excluding carboxylic acids is 3. The Bertz CT molecular complexity index is 1170. The lowest BCUT2D eigenvalue weighted by atomic mass is 9.95. The van der Waals surface area contributed by atoms with Crippen LogP contribution in [0, 0.1) is 6.92 Å². The van der Waals surface area contributed by atoms with E-state index < -0.39 is 11.9 Å². The van der Waals surface area contributed by atoms with Gasteiger partial charge in [-0.05, 0) is 68.3 Å². The summed E-state index contributed by atoms with van der Waals surface area (Å²) in [5.41, 5.74) is 7.89. The molecular formula is C29H41N5O4S. The molecule has 1 aromatic heterocycles. The zero-order chi connectivity index (χ0) is 27.9. The van der Waals surface area contributed by atoms with E-state index in [1.807, 2.05) is 26.0 Å². The topological polar surface area (TPSA) is 127 Å². The molecule has 4 N–H and O–H groups in total. The van der Waals surface area contributed by atoms with Crippen LogP contribution in [0.25, 0.3) is 0 Å². The lowest BCUT2D eigenvalue weighted by Crippen LogP contribution is -2.52. The summed E-state index contributed by atoms with van der Waals surface area (Å²) >= 11 is 0.891. The number of methoxy groups -OCH3 is 1. The second kappa shape index (κ2) is 13.3. The van der Waals surface area contributed by atoms with Gasteiger partial charge >= 0.3 is 0 Å². The molecule has 0 bridgehead atoms. The molecule has 2 aliphatic rings. The molecule has 212 valence electrons. The molecule has 1 aromatic carbocycles. The van der Waals surface area contributed by atoms with E-state index in [0.29, 0.717) is 17.9 Å². The normalized spacial score (nSPS) is 17.3. The second-order valence-corrected chi connectivity index (χ2v) is 11.5. The molecule has 1 unspecified atom stereocenters. The molecule has 0 spiro atoms. The number of benzene rings is 1. The summed E-state index contributed by atoms with van der Waals surface area (Å²) in [5, 5.41) is 6.21. The molecule has 2 aliphatic carbocycles. The number of hydrogen-bond donors (Lipinski definition) is 3. The van der Waals surface area contributed by atoms with E-state index in [2.05, 4.69) is 15.0 Å². The minimum Gasteiger partial charge on any atom is -0.495 e. The van der Waals surface area contributed by atoms with Crippen molar-refractivity contribution in [2.45, 2.75) is 103 Å². The maximum atomic E-state index is 14.2. The first-order valence-electron chi connectivity index (χ1n) is 14.2. The zero-order valence-corrected chi connectivity index (χ0v) is 24.1. The summed E-state index contributed by atoms with van der Waals surface area (Å²) in [5.74, 6) is -0.580. The minimum absolute atomic E-state index is 0.0393. The number of ether oxygens (including phenoxy) is 1. The van der Waals surface area contributed by atoms with Crippen LogP contribution in [-0.4, -0.2) is 47.3 Å². The number of hydrogen-bond acceptors (Lipinski definition) is 7. The first kappa shape index (κ1) is 28.9. The lowest BCUT2D eigenvalue weighted by molar-refractivity contribution is -0.123. The Morgan fingerprint density at radius 3 is 2.26 bits per heavy atom. The third kappa shape index (κ3) is 6.72. The minimum atomic E-state index is -0.795. The number of nitrogens with zero attached hydrogens (tertiary/aromatic N) is 2. The molecule has 1 atom stereocenters. The highest BCUT2D eigenvalue weighted by Gasteiger charge is 2.36. The maximum Gasteiger partial charge on any atom is 0.273 e. The van der Waals surface area contributed by atoms with Crippen molar-refractivity contribution in [3.63, 3.8) is 0 Å². The van der Waals surface area contributed by atoms with Crippen molar-refractivity contribution in [2.24, 2.45) is 0 Å². The summed E-state index contributed by atoms with van der Waals surface area (Å²) in [4.78, 5) is 42.5. The molecule has 3 amide bonds. The van der Waals surface area contributed by atoms with Crippen molar-refractivity contribution in [1.82, 2.24) is 15.0 Å². The van der Waals surface area contributed by atoms with Gasteiger partial charge in [0.2, 0.25) is 5.91 Å². The molecule has 9 nitrogen and oxygen atoms in total. The van der Waals surface area contributed by atoms with Crippen LogP contribution in [0.15, 0.2) is 18.2 Å². The summed E-state index contributed by atoms with van der Waals surface area (Å²) in [6.45, 7) is 3.80. The Morgan fingerprint density at radius 1 is 1.05 bits per heavy atom. The molecule has 4 rings (SSSR count). The van der Waals surface area contributed by atoms with Crippen LogP contribution >= 0.6 is 11.5 Å². The molecule has 2 saturated carbocycles. The number of nitrogens with one attached hydrogen (secondary N) is 2. The van der Waals surface area contributed by atoms with Crippen molar-refractivity contribution in [3.05, 3.63) is 34.3 Å². The van der Waals surface area contributed by atoms with Gasteiger partial charge in [-0.3, -0.25) is 19.3 Å². The van der Waals surface area contributed by atoms with Crippen LogP contribution in [0.3, 0.4) is 0 Å². The van der Waals surface area contributed by atoms with Gasteiger partial charge in [0.1, 0.15) is 16.7 Å². The van der Waals surface area contributed by atoms with Crippen LogP contribution in [-0.2, 0) is 4.79 Å². The predicted octanol–water partition coefficient (Wildman–Crippen LogP) is 4.98. The molecule has 10 heteroatoms. The van der Waals surface area contributed by atoms with Gasteiger partial charge in [-0.15, -0.1) is 0 Å². The van der Waals surface area contributed by atoms with Crippen LogP contribution in [0.2, 0.25) is 0 Å². The van der Waals surface area contributed by atoms with E-state index >= 15 is 0 Å². The number of nitrogen functional groups attached to an aromatic ring is 1. The van der Waals surface area contributed by atoms with Crippen molar-refractivity contribution in [3.8, 4) is 5.75 Å². The molecule has 0 saturated heterocycles. The number of anilines is 2. The molecule has 0 radical (unpaired) electrons. The maximum absolute atomic E-state index is 14.2. The van der Waals surface area contributed by atoms with E-state index in [4.69, 9.17) is 10.5 Å². The molecule has 2 aromatic rings. The van der Waals surface area contributed by atoms with Gasteiger partial charge < -0.3 is 21.1 Å². The summed E-state index contributed by atoms with van der Waals surface area (Å²) in [7, 11) is 1.54. The SMILES string of the molecule is CCC(C(=O)NC1CCCCC1)N(C(=O)c1snc(C(=O)NC2CCCCC2)c1N)c1cc(C)ccc1OC. The van der Waals surface area contributed by atoms with E-state index in [1.165, 1.54) is 24.9 Å². The molecule has 39 heavy (non-hydrogen) atoms. The summed E-state index contributed by atoms with van der Waals surface area (Å²) < 4.78 is 9.90. The molecular weight excluding hydrogens is 514 g/mol. The van der Waals surface area contributed by atoms with Gasteiger partial charge in [-0.25, -0.2) is 0 Å². The van der Waals surface area contributed by atoms with Crippen LogP contribution in [0.1, 0.15) is 103 Å². The van der Waals surface area contributed by atoms with Crippen molar-refractivity contribution in [2.75, 3.05) is 17.7 Å². The van der Waals surface area contributed by atoms with Crippen LogP contribution in [0.4, 0.5) is 11.4 Å². The second-order valence-electron chi connectivity index (χ2n) is 10.7. The first-order chi connectivity index (χ1) is 18.8. The van der Waals surface area contributed by atoms with Crippen molar-refractivity contribution in [1.29, 1.82) is 0 Å². The standard InChI is InChI=1S/C29H41N5O4S/c1-4-21(27(35)31-19-11-7-5-8-12-19)34(22-17-18(2)15-16-23(22)38-3)29(37)26-24(30)25(33-39-26)28(36)32-20-13-9-6-10-14-20/h15-17,19-21H,4-14,30H2,1-3H3,(H,31,35)(H,32,36). The van der Waals surface area contributed by atoms with Gasteiger partial charge in [-0.1, -0.05) is 51.5 Å². The molecule has 0 aliphatic heterocycles. The van der Waals surface area contributed by atoms with Crippen LogP contribution < -0.4 is 26.0 Å². The fourth-order valence-electron chi connectivity index (χ4n) is 5.66. The Balaban J connectivity index is 1.66. The van der Waals surface area contributed by atoms with Gasteiger partial charge in [-0.2, -0.15) is 4.37 Å². The Morgan fingerprint density at radius 2 is 1.67 bits per heavy atom. The molecule has 1 heterocycles. The Kier molecular flexibility index (Phi) is 9.83. The Hall–Kier alpha value is -3.14. The first-order valence-corrected chi connectivity index (χ1v) is 15.0. The number of aromatic nitrogens is 1. The van der Waals surface area contributed by atoms with E-state index in [-0.39, 0.29) is 40.2 Å². The largest absolute Gasteiger partial charge is 0.495 e. The fraction of sp³-hybridized carbons (Fsp3) is 0.586. The summed E-state index contributed by atoms with van der Waals surface area (Å²) in [6.07, 6.45) is 10.8. The van der Waals surface area contributed by atoms with Crippen molar-refractivity contribution < 1.29 is 19.1 Å². The smallest absolute Gasteiger partial charge is 0.273 e. The zero-order valence-electron chi connectivity index (χ0n) is 23.3. The predicted molar refractivity (Wildman–Crippen MR) is 155 cm³/mol. The fourth-order valence-corrected chi connectivity index (χ4v) is 6.40. The van der Waals surface area contributed by atoms with E-state index in [0.717, 1.165) is 68.5 Å². The third-order valence-corrected chi connectivity index (χ3v) is 8.69. The number of nitrogens with two attached hydrogens (primary N) is 1. The highest BCUT2D eigenvalue weighted by molar-refractivity contribution is 7.09. The van der Waals surface area contributed by atoms with Crippen molar-refractivity contribution >= 4 is 40.6 Å². The number of rotatable bonds is 9. The highest BCUT2D eigenvalue weighted by atomic mass is 32.1. The average molecular weight is 556 g/mol. The summed E-state index contributed by atoms with van der Waals surface area (Å²) in [6, 6.07) is 4.91. The van der Waals surface area contributed by atoms with Gasteiger partial charge in [0.15, 0.2) is 5.69 Å². The van der Waals surface area contributed by atoms with E-state index in [9.17, 15) is 14.4 Å². The van der Waals surface area contributed by atoms with Crippen LogP contribution in [0.5, 0.6) is 5.75 Å². The van der Waals surface area contributed by atoms with E-state index in [1.54, 1.807) is 6.07 Å². The lowest BCUT2D eigenvalue weighted by Gasteiger charge is -2.33. The highest BCUT2D eigenvalue weighted by Crippen LogP contribution is 2.35. The molecule has 2 fully saturated rings. The number of carbonyl (C=O) groups is 3. The van der Waals surface area contributed by atoms with Gasteiger partial charge in [0, 0.05) is 12.1 Å². The average Bonchev–Trinajstić information content (AvgIpc) is 3.33. The third-order valence-electron chi connectivity index (χ3n) is 7.84.